The Morgan fingerprint density at radius 1 is 0.854 bits per heavy atom. The predicted molar refractivity (Wildman–Crippen MR) is 193 cm³/mol. The van der Waals surface area contributed by atoms with Gasteiger partial charge in [-0.2, -0.15) is 0 Å². The smallest absolute Gasteiger partial charge is 0.310 e. The highest BCUT2D eigenvalue weighted by molar-refractivity contribution is 6.09. The molecule has 252 valence electrons. The Morgan fingerprint density at radius 2 is 1.50 bits per heavy atom. The summed E-state index contributed by atoms with van der Waals surface area (Å²) in [4.78, 5) is 37.4. The van der Waals surface area contributed by atoms with Crippen LogP contribution in [0.3, 0.4) is 0 Å². The molecule has 0 radical (unpaired) electrons. The van der Waals surface area contributed by atoms with Crippen molar-refractivity contribution in [2.45, 2.75) is 65.0 Å². The molecule has 2 atom stereocenters. The van der Waals surface area contributed by atoms with Gasteiger partial charge in [0.1, 0.15) is 0 Å². The van der Waals surface area contributed by atoms with Crippen LogP contribution in [0.4, 0.5) is 0 Å². The Balaban J connectivity index is 1.24. The average molecular weight is 647 g/mol. The van der Waals surface area contributed by atoms with Crippen molar-refractivity contribution in [3.8, 4) is 11.3 Å². The van der Waals surface area contributed by atoms with Crippen LogP contribution in [0, 0.1) is 11.8 Å². The van der Waals surface area contributed by atoms with Gasteiger partial charge in [-0.1, -0.05) is 98.1 Å². The maximum atomic E-state index is 14.4. The molecular formula is C41H50N4O3. The molecule has 0 spiro atoms. The van der Waals surface area contributed by atoms with Crippen LogP contribution >= 0.6 is 0 Å². The first kappa shape index (κ1) is 33.8. The van der Waals surface area contributed by atoms with Gasteiger partial charge in [0.05, 0.1) is 29.3 Å². The molecule has 1 unspecified atom stereocenters. The van der Waals surface area contributed by atoms with Crippen LogP contribution in [0.25, 0.3) is 22.2 Å². The minimum Gasteiger partial charge on any atom is -0.466 e. The van der Waals surface area contributed by atoms with Gasteiger partial charge in [-0.05, 0) is 50.7 Å². The maximum Gasteiger partial charge on any atom is 0.310 e. The zero-order valence-corrected chi connectivity index (χ0v) is 28.6. The summed E-state index contributed by atoms with van der Waals surface area (Å²) < 4.78 is 5.49. The monoisotopic (exact) mass is 646 g/mol. The molecular weight excluding hydrogens is 596 g/mol. The van der Waals surface area contributed by atoms with Crippen molar-refractivity contribution >= 4 is 22.8 Å². The number of carbonyl (C=O) groups is 2. The Labute approximate surface area is 285 Å². The van der Waals surface area contributed by atoms with E-state index in [1.165, 1.54) is 32.1 Å². The quantitative estimate of drug-likeness (QED) is 0.165. The molecule has 6 rings (SSSR count). The molecule has 4 aromatic rings. The number of nitrogens with zero attached hydrogens (tertiary/aromatic N) is 3. The Morgan fingerprint density at radius 3 is 2.21 bits per heavy atom. The molecule has 7 heteroatoms. The SMILES string of the molecule is CCOC(=O)C(Cc1ccccc1)CN1CCN(Cc2c(-c3ccccc3)nc3ccccc3c2C(=O)N[C@@H](C)C2CCCCC2)CC1. The molecule has 1 amide bonds. The summed E-state index contributed by atoms with van der Waals surface area (Å²) in [5.41, 5.74) is 5.60. The minimum absolute atomic E-state index is 0.00400. The molecule has 48 heavy (non-hydrogen) atoms. The third-order valence-electron chi connectivity index (χ3n) is 10.3. The van der Waals surface area contributed by atoms with Crippen LogP contribution in [0.5, 0.6) is 0 Å². The number of para-hydroxylation sites is 1. The van der Waals surface area contributed by atoms with Gasteiger partial charge in [0.2, 0.25) is 0 Å². The van der Waals surface area contributed by atoms with Crippen molar-refractivity contribution in [2.24, 2.45) is 11.8 Å². The van der Waals surface area contributed by atoms with Gasteiger partial charge in [0.25, 0.3) is 5.91 Å². The normalized spacial score (nSPS) is 17.5. The van der Waals surface area contributed by atoms with E-state index < -0.39 is 0 Å². The number of nitrogens with one attached hydrogen (secondary N) is 1. The van der Waals surface area contributed by atoms with Crippen LogP contribution < -0.4 is 5.32 Å². The number of piperazine rings is 1. The van der Waals surface area contributed by atoms with Crippen LogP contribution in [0.2, 0.25) is 0 Å². The highest BCUT2D eigenvalue weighted by atomic mass is 16.5. The van der Waals surface area contributed by atoms with E-state index in [0.717, 1.165) is 65.0 Å². The molecule has 1 aromatic heterocycles. The molecule has 0 bridgehead atoms. The summed E-state index contributed by atoms with van der Waals surface area (Å²) in [5.74, 6) is 0.170. The lowest BCUT2D eigenvalue weighted by Gasteiger charge is -2.36. The number of fused-ring (bicyclic) bond motifs is 1. The molecule has 2 aliphatic rings. The van der Waals surface area contributed by atoms with E-state index >= 15 is 0 Å². The Hall–Kier alpha value is -4.07. The highest BCUT2D eigenvalue weighted by Gasteiger charge is 2.29. The number of rotatable bonds is 12. The van der Waals surface area contributed by atoms with Crippen LogP contribution in [0.1, 0.15) is 67.4 Å². The van der Waals surface area contributed by atoms with Gasteiger partial charge in [-0.3, -0.25) is 19.4 Å². The third-order valence-corrected chi connectivity index (χ3v) is 10.3. The van der Waals surface area contributed by atoms with E-state index in [2.05, 4.69) is 46.3 Å². The molecule has 2 fully saturated rings. The topological polar surface area (TPSA) is 74.8 Å². The number of hydrogen-bond acceptors (Lipinski definition) is 6. The van der Waals surface area contributed by atoms with E-state index in [1.807, 2.05) is 67.6 Å². The number of esters is 1. The number of hydrogen-bond donors (Lipinski definition) is 1. The summed E-state index contributed by atoms with van der Waals surface area (Å²) in [6.45, 7) is 9.07. The predicted octanol–water partition coefficient (Wildman–Crippen LogP) is 7.14. The second kappa shape index (κ2) is 16.4. The van der Waals surface area contributed by atoms with E-state index in [0.29, 0.717) is 32.0 Å². The molecule has 2 heterocycles. The summed E-state index contributed by atoms with van der Waals surface area (Å²) in [6.07, 6.45) is 6.79. The van der Waals surface area contributed by atoms with Crippen molar-refractivity contribution in [1.29, 1.82) is 0 Å². The highest BCUT2D eigenvalue weighted by Crippen LogP contribution is 2.33. The minimum atomic E-state index is -0.213. The number of carbonyl (C=O) groups excluding carboxylic acids is 2. The fourth-order valence-electron chi connectivity index (χ4n) is 7.58. The van der Waals surface area contributed by atoms with Crippen molar-refractivity contribution in [3.63, 3.8) is 0 Å². The molecule has 1 aliphatic carbocycles. The van der Waals surface area contributed by atoms with Crippen molar-refractivity contribution in [3.05, 3.63) is 102 Å². The lowest BCUT2D eigenvalue weighted by Crippen LogP contribution is -2.48. The van der Waals surface area contributed by atoms with Gasteiger partial charge in [-0.15, -0.1) is 0 Å². The molecule has 1 N–H and O–H groups in total. The van der Waals surface area contributed by atoms with Crippen LogP contribution in [-0.2, 0) is 22.5 Å². The van der Waals surface area contributed by atoms with Gasteiger partial charge in [0, 0.05) is 61.8 Å². The van der Waals surface area contributed by atoms with E-state index in [4.69, 9.17) is 9.72 Å². The molecule has 7 nitrogen and oxygen atoms in total. The van der Waals surface area contributed by atoms with Gasteiger partial charge in [0.15, 0.2) is 0 Å². The lowest BCUT2D eigenvalue weighted by atomic mass is 9.84. The molecule has 1 saturated carbocycles. The fraction of sp³-hybridized carbons (Fsp3) is 0.439. The van der Waals surface area contributed by atoms with E-state index in [1.54, 1.807) is 0 Å². The first-order valence-electron chi connectivity index (χ1n) is 17.9. The summed E-state index contributed by atoms with van der Waals surface area (Å²) >= 11 is 0. The summed E-state index contributed by atoms with van der Waals surface area (Å²) in [6, 6.07) is 28.6. The second-order valence-electron chi connectivity index (χ2n) is 13.6. The van der Waals surface area contributed by atoms with Gasteiger partial charge < -0.3 is 10.1 Å². The zero-order valence-electron chi connectivity index (χ0n) is 28.6. The largest absolute Gasteiger partial charge is 0.466 e. The van der Waals surface area contributed by atoms with Crippen LogP contribution in [0.15, 0.2) is 84.9 Å². The molecule has 1 aliphatic heterocycles. The lowest BCUT2D eigenvalue weighted by molar-refractivity contribution is -0.148. The Kier molecular flexibility index (Phi) is 11.5. The second-order valence-corrected chi connectivity index (χ2v) is 13.6. The zero-order chi connectivity index (χ0) is 33.3. The number of ether oxygens (including phenoxy) is 1. The van der Waals surface area contributed by atoms with Gasteiger partial charge in [-0.25, -0.2) is 4.98 Å². The fourth-order valence-corrected chi connectivity index (χ4v) is 7.58. The summed E-state index contributed by atoms with van der Waals surface area (Å²) in [5, 5.41) is 4.35. The van der Waals surface area contributed by atoms with Crippen molar-refractivity contribution in [1.82, 2.24) is 20.1 Å². The van der Waals surface area contributed by atoms with Crippen molar-refractivity contribution in [2.75, 3.05) is 39.3 Å². The van der Waals surface area contributed by atoms with E-state index in [-0.39, 0.29) is 23.8 Å². The van der Waals surface area contributed by atoms with E-state index in [9.17, 15) is 9.59 Å². The summed E-state index contributed by atoms with van der Waals surface area (Å²) in [7, 11) is 0. The standard InChI is InChI=1S/C41H50N4O3/c1-3-48-41(47)34(27-31-15-7-4-8-16-31)28-44-23-25-45(26-24-44)29-36-38(40(46)42-30(2)32-17-9-5-10-18-32)35-21-13-14-22-37(35)43-39(36)33-19-11-6-12-20-33/h4,6-8,11-16,19-22,30,32,34H,3,5,9-10,17-18,23-29H2,1-2H3,(H,42,46)/t30-,34?/m0/s1. The number of amides is 1. The number of aromatic nitrogens is 1. The number of benzene rings is 3. The first-order chi connectivity index (χ1) is 23.5. The van der Waals surface area contributed by atoms with Crippen molar-refractivity contribution < 1.29 is 14.3 Å². The average Bonchev–Trinajstić information content (AvgIpc) is 3.13. The van der Waals surface area contributed by atoms with Crippen LogP contribution in [-0.4, -0.2) is 72.0 Å². The van der Waals surface area contributed by atoms with Gasteiger partial charge >= 0.3 is 5.97 Å². The molecule has 3 aromatic carbocycles. The third kappa shape index (κ3) is 8.31. The number of pyridine rings is 1. The Bertz CT molecular complexity index is 1650. The maximum absolute atomic E-state index is 14.4. The first-order valence-corrected chi connectivity index (χ1v) is 17.9. The molecule has 1 saturated heterocycles.